The van der Waals surface area contributed by atoms with E-state index in [0.29, 0.717) is 12.1 Å². The van der Waals surface area contributed by atoms with Crippen molar-refractivity contribution in [1.82, 2.24) is 10.3 Å². The van der Waals surface area contributed by atoms with E-state index < -0.39 is 23.9 Å². The summed E-state index contributed by atoms with van der Waals surface area (Å²) < 4.78 is 26.8. The van der Waals surface area contributed by atoms with E-state index in [0.717, 1.165) is 50.3 Å². The van der Waals surface area contributed by atoms with Gasteiger partial charge in [-0.15, -0.1) is 0 Å². The molecule has 6 nitrogen and oxygen atoms in total. The number of nitrogens with two attached hydrogens (primary N) is 1. The first-order valence-electron chi connectivity index (χ1n) is 11.2. The van der Waals surface area contributed by atoms with Crippen LogP contribution in [0.2, 0.25) is 0 Å². The second kappa shape index (κ2) is 9.50. The van der Waals surface area contributed by atoms with Crippen LogP contribution in [0, 0.1) is 23.5 Å². The Morgan fingerprint density at radius 3 is 2.38 bits per heavy atom. The number of benzene rings is 1. The highest BCUT2D eigenvalue weighted by Gasteiger charge is 2.45. The van der Waals surface area contributed by atoms with Gasteiger partial charge >= 0.3 is 0 Å². The predicted molar refractivity (Wildman–Crippen MR) is 118 cm³/mol. The number of amides is 1. The molecule has 1 heterocycles. The van der Waals surface area contributed by atoms with E-state index in [1.807, 2.05) is 12.1 Å². The number of aromatic nitrogens is 1. The van der Waals surface area contributed by atoms with Crippen molar-refractivity contribution in [2.24, 2.45) is 17.6 Å². The van der Waals surface area contributed by atoms with Crippen LogP contribution < -0.4 is 16.4 Å². The van der Waals surface area contributed by atoms with E-state index in [9.17, 15) is 18.7 Å². The Balaban J connectivity index is 1.25. The van der Waals surface area contributed by atoms with Crippen molar-refractivity contribution in [2.75, 3.05) is 11.9 Å². The molecular weight excluding hydrogens is 414 g/mol. The molecule has 0 spiro atoms. The maximum atomic E-state index is 13.6. The largest absolute Gasteiger partial charge is 0.374 e. The summed E-state index contributed by atoms with van der Waals surface area (Å²) in [5, 5.41) is 16.5. The van der Waals surface area contributed by atoms with Crippen LogP contribution in [0.5, 0.6) is 0 Å². The smallest absolute Gasteiger partial charge is 0.237 e. The van der Waals surface area contributed by atoms with Crippen molar-refractivity contribution in [3.8, 4) is 0 Å². The molecule has 2 atom stereocenters. The molecule has 2 fully saturated rings. The first-order valence-corrected chi connectivity index (χ1v) is 11.2. The molecule has 1 amide bonds. The van der Waals surface area contributed by atoms with Crippen LogP contribution in [0.3, 0.4) is 0 Å². The minimum atomic E-state index is -0.868. The zero-order valence-electron chi connectivity index (χ0n) is 17.9. The van der Waals surface area contributed by atoms with Crippen LogP contribution in [0.1, 0.15) is 44.1 Å². The topological polar surface area (TPSA) is 100 Å². The van der Waals surface area contributed by atoms with Gasteiger partial charge in [-0.25, -0.2) is 8.78 Å². The van der Waals surface area contributed by atoms with Crippen molar-refractivity contribution >= 4 is 11.6 Å². The summed E-state index contributed by atoms with van der Waals surface area (Å²) in [6.07, 6.45) is 7.42. The average molecular weight is 445 g/mol. The third kappa shape index (κ3) is 5.07. The third-order valence-electron chi connectivity index (χ3n) is 7.06. The molecule has 1 aromatic heterocycles. The van der Waals surface area contributed by atoms with E-state index in [1.165, 1.54) is 6.07 Å². The molecule has 0 saturated heterocycles. The lowest BCUT2D eigenvalue weighted by Gasteiger charge is -2.34. The number of rotatable bonds is 8. The molecule has 0 aliphatic heterocycles. The van der Waals surface area contributed by atoms with Gasteiger partial charge in [0.15, 0.2) is 11.6 Å². The first kappa shape index (κ1) is 22.6. The summed E-state index contributed by atoms with van der Waals surface area (Å²) in [6.45, 7) is 0.370. The molecule has 2 aliphatic rings. The van der Waals surface area contributed by atoms with E-state index in [-0.39, 0.29) is 23.2 Å². The normalized spacial score (nSPS) is 23.8. The summed E-state index contributed by atoms with van der Waals surface area (Å²) in [5.41, 5.74) is 7.46. The fourth-order valence-corrected chi connectivity index (χ4v) is 4.69. The Labute approximate surface area is 186 Å². The molecule has 0 radical (unpaired) electrons. The highest BCUT2D eigenvalue weighted by Crippen LogP contribution is 2.48. The second-order valence-electron chi connectivity index (χ2n) is 9.15. The van der Waals surface area contributed by atoms with Crippen LogP contribution in [-0.2, 0) is 10.2 Å². The highest BCUT2D eigenvalue weighted by molar-refractivity contribution is 5.82. The van der Waals surface area contributed by atoms with Crippen LogP contribution in [0.15, 0.2) is 42.7 Å². The maximum Gasteiger partial charge on any atom is 0.237 e. The number of anilines is 1. The van der Waals surface area contributed by atoms with Gasteiger partial charge in [0.05, 0.1) is 6.04 Å². The number of nitrogens with zero attached hydrogens (tertiary/aromatic N) is 1. The van der Waals surface area contributed by atoms with Gasteiger partial charge in [-0.2, -0.15) is 0 Å². The first-order chi connectivity index (χ1) is 15.4. The Hall–Kier alpha value is -2.58. The van der Waals surface area contributed by atoms with Crippen molar-refractivity contribution in [2.45, 2.75) is 56.2 Å². The number of aliphatic hydroxyl groups excluding tert-OH is 1. The van der Waals surface area contributed by atoms with Crippen molar-refractivity contribution < 1.29 is 18.7 Å². The quantitative estimate of drug-likeness (QED) is 0.469. The van der Waals surface area contributed by atoms with Crippen molar-refractivity contribution in [3.05, 3.63) is 59.9 Å². The summed E-state index contributed by atoms with van der Waals surface area (Å²) in [7, 11) is 0. The molecule has 2 unspecified atom stereocenters. The van der Waals surface area contributed by atoms with Gasteiger partial charge in [0, 0.05) is 36.0 Å². The fourth-order valence-electron chi connectivity index (χ4n) is 4.69. The lowest BCUT2D eigenvalue weighted by atomic mass is 9.77. The summed E-state index contributed by atoms with van der Waals surface area (Å²) in [4.78, 5) is 16.7. The third-order valence-corrected chi connectivity index (χ3v) is 7.06. The fraction of sp³-hybridized carbons (Fsp3) is 0.500. The van der Waals surface area contributed by atoms with Gasteiger partial charge in [0.25, 0.3) is 0 Å². The predicted octanol–water partition coefficient (Wildman–Crippen LogP) is 3.07. The molecule has 172 valence electrons. The van der Waals surface area contributed by atoms with Gasteiger partial charge in [-0.05, 0) is 74.3 Å². The minimum Gasteiger partial charge on any atom is -0.374 e. The zero-order chi connectivity index (χ0) is 22.7. The van der Waals surface area contributed by atoms with Crippen LogP contribution >= 0.6 is 0 Å². The SMILES string of the molecule is NC(C(=O)NCC1(c2ccc(F)c(F)c2)CC1)C1CCC(C(O)Nc2ccncc2)CC1. The lowest BCUT2D eigenvalue weighted by Crippen LogP contribution is -2.48. The summed E-state index contributed by atoms with van der Waals surface area (Å²) in [5.74, 6) is -1.80. The van der Waals surface area contributed by atoms with E-state index in [4.69, 9.17) is 5.73 Å². The number of pyridine rings is 1. The van der Waals surface area contributed by atoms with Gasteiger partial charge in [0.1, 0.15) is 6.23 Å². The number of aliphatic hydroxyl groups is 1. The maximum absolute atomic E-state index is 13.6. The standard InChI is InChI=1S/C24H30F2N4O2/c25-19-6-5-17(13-20(19)26)24(9-10-24)14-29-23(32)21(27)15-1-3-16(4-2-15)22(31)30-18-7-11-28-12-8-18/h5-8,11-13,15-16,21-22,31H,1-4,9-10,14,27H2,(H,28,30)(H,29,32). The minimum absolute atomic E-state index is 0.0535. The van der Waals surface area contributed by atoms with E-state index in [1.54, 1.807) is 18.5 Å². The van der Waals surface area contributed by atoms with Gasteiger partial charge < -0.3 is 21.5 Å². The van der Waals surface area contributed by atoms with E-state index >= 15 is 0 Å². The molecule has 8 heteroatoms. The molecule has 4 rings (SSSR count). The summed E-state index contributed by atoms with van der Waals surface area (Å²) in [6, 6.07) is 6.94. The van der Waals surface area contributed by atoms with Crippen molar-refractivity contribution in [1.29, 1.82) is 0 Å². The number of halogens is 2. The molecule has 0 bridgehead atoms. The van der Waals surface area contributed by atoms with Gasteiger partial charge in [0.2, 0.25) is 5.91 Å². The van der Waals surface area contributed by atoms with E-state index in [2.05, 4.69) is 15.6 Å². The number of hydrogen-bond donors (Lipinski definition) is 4. The van der Waals surface area contributed by atoms with Gasteiger partial charge in [-0.3, -0.25) is 9.78 Å². The van der Waals surface area contributed by atoms with Gasteiger partial charge in [-0.1, -0.05) is 6.07 Å². The monoisotopic (exact) mass is 444 g/mol. The highest BCUT2D eigenvalue weighted by atomic mass is 19.2. The molecule has 2 aliphatic carbocycles. The Morgan fingerprint density at radius 1 is 1.09 bits per heavy atom. The zero-order valence-corrected chi connectivity index (χ0v) is 17.9. The molecular formula is C24H30F2N4O2. The number of carbonyl (C=O) groups excluding carboxylic acids is 1. The number of hydrogen-bond acceptors (Lipinski definition) is 5. The molecule has 1 aromatic carbocycles. The molecule has 5 N–H and O–H groups in total. The average Bonchev–Trinajstić information content (AvgIpc) is 3.60. The Morgan fingerprint density at radius 2 is 1.75 bits per heavy atom. The molecule has 2 aromatic rings. The van der Waals surface area contributed by atoms with Crippen molar-refractivity contribution in [3.63, 3.8) is 0 Å². The van der Waals surface area contributed by atoms with Crippen LogP contribution in [0.25, 0.3) is 0 Å². The second-order valence-corrected chi connectivity index (χ2v) is 9.15. The molecule has 2 saturated carbocycles. The number of nitrogens with one attached hydrogen (secondary N) is 2. The Kier molecular flexibility index (Phi) is 6.71. The van der Waals surface area contributed by atoms with Crippen LogP contribution in [0.4, 0.5) is 14.5 Å². The van der Waals surface area contributed by atoms with Crippen LogP contribution in [-0.4, -0.2) is 34.8 Å². The molecule has 32 heavy (non-hydrogen) atoms. The number of carbonyl (C=O) groups is 1. The Bertz CT molecular complexity index is 931. The summed E-state index contributed by atoms with van der Waals surface area (Å²) >= 11 is 0. The lowest BCUT2D eigenvalue weighted by molar-refractivity contribution is -0.124.